The molecular formula is C42H50N6O7. The number of nitrogens with zero attached hydrogens (tertiary/aromatic N) is 3. The summed E-state index contributed by atoms with van der Waals surface area (Å²) in [5, 5.41) is 8.02. The predicted octanol–water partition coefficient (Wildman–Crippen LogP) is 5.54. The number of ether oxygens (including phenoxy) is 2. The van der Waals surface area contributed by atoms with E-state index < -0.39 is 41.1 Å². The molecule has 0 aliphatic carbocycles. The van der Waals surface area contributed by atoms with Crippen molar-refractivity contribution < 1.29 is 33.4 Å². The van der Waals surface area contributed by atoms with E-state index in [9.17, 15) is 24.0 Å². The van der Waals surface area contributed by atoms with Crippen molar-refractivity contribution >= 4 is 35.4 Å². The van der Waals surface area contributed by atoms with Crippen molar-refractivity contribution in [1.29, 1.82) is 0 Å². The molecule has 1 fully saturated rings. The zero-order valence-corrected chi connectivity index (χ0v) is 32.0. The van der Waals surface area contributed by atoms with Crippen LogP contribution in [-0.2, 0) is 30.5 Å². The molecule has 290 valence electrons. The van der Waals surface area contributed by atoms with Crippen molar-refractivity contribution in [2.24, 2.45) is 5.92 Å². The highest BCUT2D eigenvalue weighted by Crippen LogP contribution is 2.27. The summed E-state index contributed by atoms with van der Waals surface area (Å²) >= 11 is 0. The number of hydrogen-bond donors (Lipinski definition) is 3. The molecule has 4 aromatic rings. The van der Waals surface area contributed by atoms with E-state index in [1.54, 1.807) is 36.4 Å². The number of amides is 4. The van der Waals surface area contributed by atoms with Crippen LogP contribution in [0.3, 0.4) is 0 Å². The molecule has 13 heteroatoms. The van der Waals surface area contributed by atoms with E-state index in [1.807, 2.05) is 91.0 Å². The molecule has 2 atom stereocenters. The number of carbonyl (C=O) groups excluding carboxylic acids is 5. The zero-order chi connectivity index (χ0) is 39.6. The largest absolute Gasteiger partial charge is 0.444 e. The topological polar surface area (TPSA) is 161 Å². The summed E-state index contributed by atoms with van der Waals surface area (Å²) in [4.78, 5) is 73.2. The normalized spacial score (nSPS) is 14.7. The Morgan fingerprint density at radius 3 is 2.05 bits per heavy atom. The Balaban J connectivity index is 1.29. The average molecular weight is 751 g/mol. The average Bonchev–Trinajstić information content (AvgIpc) is 3.61. The number of anilines is 1. The fourth-order valence-electron chi connectivity index (χ4n) is 6.21. The Morgan fingerprint density at radius 1 is 0.836 bits per heavy atom. The quantitative estimate of drug-likeness (QED) is 0.142. The third kappa shape index (κ3) is 11.3. The number of carbonyl (C=O) groups is 5. The fourth-order valence-corrected chi connectivity index (χ4v) is 6.21. The number of likely N-dealkylation sites (tertiary alicyclic amines) is 1. The predicted molar refractivity (Wildman–Crippen MR) is 207 cm³/mol. The summed E-state index contributed by atoms with van der Waals surface area (Å²) in [6.45, 7) is 8.97. The van der Waals surface area contributed by atoms with E-state index in [2.05, 4.69) is 20.9 Å². The van der Waals surface area contributed by atoms with Crippen LogP contribution in [0.5, 0.6) is 0 Å². The van der Waals surface area contributed by atoms with Crippen LogP contribution in [0.1, 0.15) is 75.0 Å². The highest BCUT2D eigenvalue weighted by molar-refractivity contribution is 5.99. The van der Waals surface area contributed by atoms with Gasteiger partial charge in [0.2, 0.25) is 11.8 Å². The molecule has 0 bridgehead atoms. The third-order valence-corrected chi connectivity index (χ3v) is 9.13. The van der Waals surface area contributed by atoms with Gasteiger partial charge in [0.25, 0.3) is 5.91 Å². The summed E-state index contributed by atoms with van der Waals surface area (Å²) in [7, 11) is 0. The number of Topliss-reactive ketones (excluding diaryl/α,β-unsaturated/α-hetero) is 1. The van der Waals surface area contributed by atoms with Crippen LogP contribution < -0.4 is 16.0 Å². The summed E-state index contributed by atoms with van der Waals surface area (Å²) in [6.07, 6.45) is 3.36. The smallest absolute Gasteiger partial charge is 0.408 e. The number of ketones is 1. The van der Waals surface area contributed by atoms with Gasteiger partial charge in [0.05, 0.1) is 19.5 Å². The molecule has 3 N–H and O–H groups in total. The standard InChI is InChI=1S/C42H50N6O7/c1-41(2,3)55-40(53)46-42(4,5)39(52)44-33(27-54-26-29-15-9-6-10-16-29)37(50)45-34-25-48(28-43-34)35(30-17-11-7-12-18-30)38(51)47-23-21-32(22-24-47)36(49)31-19-13-8-14-20-31/h6-20,25,28,32-33,35H,21-24,26-27H2,1-5H3,(H,44,52)(H,45,50)(H,46,53). The molecule has 2 heterocycles. The first-order valence-electron chi connectivity index (χ1n) is 18.4. The van der Waals surface area contributed by atoms with Gasteiger partial charge >= 0.3 is 6.09 Å². The van der Waals surface area contributed by atoms with Gasteiger partial charge in [-0.3, -0.25) is 19.2 Å². The number of aromatic nitrogens is 2. The highest BCUT2D eigenvalue weighted by atomic mass is 16.6. The van der Waals surface area contributed by atoms with Crippen LogP contribution >= 0.6 is 0 Å². The maximum Gasteiger partial charge on any atom is 0.408 e. The molecule has 55 heavy (non-hydrogen) atoms. The van der Waals surface area contributed by atoms with Gasteiger partial charge in [0.15, 0.2) is 11.6 Å². The van der Waals surface area contributed by atoms with Gasteiger partial charge < -0.3 is 34.9 Å². The van der Waals surface area contributed by atoms with Crippen LogP contribution in [-0.4, -0.2) is 80.9 Å². The van der Waals surface area contributed by atoms with Gasteiger partial charge in [-0.25, -0.2) is 9.78 Å². The van der Waals surface area contributed by atoms with E-state index in [-0.39, 0.29) is 36.6 Å². The minimum atomic E-state index is -1.45. The molecule has 0 radical (unpaired) electrons. The fraction of sp³-hybridized carbons (Fsp3) is 0.381. The molecule has 3 aromatic carbocycles. The second kappa shape index (κ2) is 18.0. The van der Waals surface area contributed by atoms with E-state index in [4.69, 9.17) is 9.47 Å². The lowest BCUT2D eigenvalue weighted by molar-refractivity contribution is -0.134. The van der Waals surface area contributed by atoms with Crippen molar-refractivity contribution in [3.63, 3.8) is 0 Å². The van der Waals surface area contributed by atoms with Gasteiger partial charge in [0.1, 0.15) is 23.2 Å². The van der Waals surface area contributed by atoms with Gasteiger partial charge in [-0.15, -0.1) is 0 Å². The second-order valence-corrected chi connectivity index (χ2v) is 15.1. The van der Waals surface area contributed by atoms with Gasteiger partial charge in [-0.2, -0.15) is 0 Å². The number of rotatable bonds is 14. The van der Waals surface area contributed by atoms with Crippen molar-refractivity contribution in [2.45, 2.75) is 77.3 Å². The zero-order valence-electron chi connectivity index (χ0n) is 32.0. The SMILES string of the molecule is CC(C)(C)OC(=O)NC(C)(C)C(=O)NC(COCc1ccccc1)C(=O)Nc1cn(C(C(=O)N2CCC(C(=O)c3ccccc3)CC2)c2ccccc2)cn1. The molecule has 1 aliphatic heterocycles. The molecule has 1 aliphatic rings. The van der Waals surface area contributed by atoms with Gasteiger partial charge in [-0.1, -0.05) is 91.0 Å². The second-order valence-electron chi connectivity index (χ2n) is 15.1. The summed E-state index contributed by atoms with van der Waals surface area (Å²) < 4.78 is 12.8. The summed E-state index contributed by atoms with van der Waals surface area (Å²) in [6, 6.07) is 25.9. The molecule has 0 saturated carbocycles. The first kappa shape index (κ1) is 40.4. The number of alkyl carbamates (subject to hydrolysis) is 1. The maximum absolute atomic E-state index is 14.2. The molecule has 4 amide bonds. The summed E-state index contributed by atoms with van der Waals surface area (Å²) in [5.74, 6) is -1.35. The van der Waals surface area contributed by atoms with Crippen LogP contribution in [0, 0.1) is 5.92 Å². The van der Waals surface area contributed by atoms with E-state index in [1.165, 1.54) is 20.2 Å². The first-order valence-corrected chi connectivity index (χ1v) is 18.4. The Labute approximate surface area is 321 Å². The molecule has 5 rings (SSSR count). The van der Waals surface area contributed by atoms with E-state index in [0.717, 1.165) is 11.1 Å². The number of nitrogens with one attached hydrogen (secondary N) is 3. The van der Waals surface area contributed by atoms with Crippen LogP contribution in [0.2, 0.25) is 0 Å². The molecular weight excluding hydrogens is 700 g/mol. The molecule has 13 nitrogen and oxygen atoms in total. The number of piperidine rings is 1. The van der Waals surface area contributed by atoms with E-state index in [0.29, 0.717) is 31.5 Å². The minimum absolute atomic E-state index is 0.0881. The van der Waals surface area contributed by atoms with E-state index >= 15 is 0 Å². The summed E-state index contributed by atoms with van der Waals surface area (Å²) in [5.41, 5.74) is 0.0476. The van der Waals surface area contributed by atoms with Crippen molar-refractivity contribution in [3.8, 4) is 0 Å². The van der Waals surface area contributed by atoms with Gasteiger partial charge in [-0.05, 0) is 58.6 Å². The number of imidazole rings is 1. The van der Waals surface area contributed by atoms with Gasteiger partial charge in [0, 0.05) is 30.8 Å². The van der Waals surface area contributed by atoms with Crippen LogP contribution in [0.4, 0.5) is 10.6 Å². The Morgan fingerprint density at radius 2 is 1.44 bits per heavy atom. The number of hydrogen-bond acceptors (Lipinski definition) is 8. The lowest BCUT2D eigenvalue weighted by atomic mass is 9.88. The molecule has 0 spiro atoms. The Hall–Kier alpha value is -5.82. The lowest BCUT2D eigenvalue weighted by Crippen LogP contribution is -2.59. The maximum atomic E-state index is 14.2. The first-order chi connectivity index (χ1) is 26.2. The lowest BCUT2D eigenvalue weighted by Gasteiger charge is -2.34. The van der Waals surface area contributed by atoms with Crippen molar-refractivity contribution in [3.05, 3.63) is 120 Å². The van der Waals surface area contributed by atoms with Crippen molar-refractivity contribution in [2.75, 3.05) is 25.0 Å². The molecule has 1 saturated heterocycles. The van der Waals surface area contributed by atoms with Crippen LogP contribution in [0.25, 0.3) is 0 Å². The minimum Gasteiger partial charge on any atom is -0.444 e. The third-order valence-electron chi connectivity index (χ3n) is 9.13. The Kier molecular flexibility index (Phi) is 13.2. The molecule has 1 aromatic heterocycles. The van der Waals surface area contributed by atoms with Crippen LogP contribution in [0.15, 0.2) is 104 Å². The monoisotopic (exact) mass is 750 g/mol. The molecule has 2 unspecified atom stereocenters. The highest BCUT2D eigenvalue weighted by Gasteiger charge is 2.36. The Bertz CT molecular complexity index is 1920. The van der Waals surface area contributed by atoms with Crippen molar-refractivity contribution in [1.82, 2.24) is 25.1 Å². The number of benzene rings is 3.